The van der Waals surface area contributed by atoms with Gasteiger partial charge >= 0.3 is 0 Å². The van der Waals surface area contributed by atoms with Crippen molar-refractivity contribution in [3.63, 3.8) is 0 Å². The van der Waals surface area contributed by atoms with Crippen LogP contribution in [0.15, 0.2) is 47.4 Å². The van der Waals surface area contributed by atoms with Gasteiger partial charge < -0.3 is 14.8 Å². The van der Waals surface area contributed by atoms with Gasteiger partial charge in [0.2, 0.25) is 10.0 Å². The van der Waals surface area contributed by atoms with Crippen LogP contribution in [-0.4, -0.2) is 51.5 Å². The van der Waals surface area contributed by atoms with Crippen molar-refractivity contribution < 1.29 is 22.7 Å². The van der Waals surface area contributed by atoms with Gasteiger partial charge in [0.05, 0.1) is 18.1 Å². The average molecular weight is 433 g/mol. The Morgan fingerprint density at radius 1 is 1.13 bits per heavy atom. The Bertz CT molecular complexity index is 981. The highest BCUT2D eigenvalue weighted by atomic mass is 32.2. The SMILES string of the molecule is Cc1ccc(C(C)C)c(OCC(=O)Nc2ccc(S(=O)(=O)N3CCOCC3)cc2)c1. The van der Waals surface area contributed by atoms with Gasteiger partial charge in [0.1, 0.15) is 5.75 Å². The van der Waals surface area contributed by atoms with Crippen molar-refractivity contribution in [1.82, 2.24) is 4.31 Å². The number of rotatable bonds is 7. The highest BCUT2D eigenvalue weighted by Gasteiger charge is 2.26. The van der Waals surface area contributed by atoms with E-state index in [1.807, 2.05) is 25.1 Å². The first-order valence-corrected chi connectivity index (χ1v) is 11.4. The first-order chi connectivity index (χ1) is 14.3. The maximum Gasteiger partial charge on any atom is 0.262 e. The standard InChI is InChI=1S/C22H28N2O5S/c1-16(2)20-9-4-17(3)14-21(20)29-15-22(25)23-18-5-7-19(8-6-18)30(26,27)24-10-12-28-13-11-24/h4-9,14,16H,10-13,15H2,1-3H3,(H,23,25). The highest BCUT2D eigenvalue weighted by Crippen LogP contribution is 2.27. The number of sulfonamides is 1. The van der Waals surface area contributed by atoms with Crippen molar-refractivity contribution in [2.24, 2.45) is 0 Å². The minimum atomic E-state index is -3.55. The lowest BCUT2D eigenvalue weighted by molar-refractivity contribution is -0.118. The summed E-state index contributed by atoms with van der Waals surface area (Å²) >= 11 is 0. The van der Waals surface area contributed by atoms with E-state index in [0.717, 1.165) is 11.1 Å². The highest BCUT2D eigenvalue weighted by molar-refractivity contribution is 7.89. The fourth-order valence-corrected chi connectivity index (χ4v) is 4.64. The number of hydrogen-bond acceptors (Lipinski definition) is 5. The van der Waals surface area contributed by atoms with Gasteiger partial charge in [-0.1, -0.05) is 26.0 Å². The number of aryl methyl sites for hydroxylation is 1. The third-order valence-electron chi connectivity index (χ3n) is 4.90. The number of anilines is 1. The van der Waals surface area contributed by atoms with Crippen LogP contribution in [0.4, 0.5) is 5.69 Å². The Balaban J connectivity index is 1.61. The van der Waals surface area contributed by atoms with Gasteiger partial charge in [-0.3, -0.25) is 4.79 Å². The molecule has 8 heteroatoms. The molecular weight excluding hydrogens is 404 g/mol. The molecule has 1 amide bonds. The summed E-state index contributed by atoms with van der Waals surface area (Å²) < 4.78 is 37.7. The summed E-state index contributed by atoms with van der Waals surface area (Å²) in [6.07, 6.45) is 0. The monoisotopic (exact) mass is 432 g/mol. The zero-order valence-corrected chi connectivity index (χ0v) is 18.4. The van der Waals surface area contributed by atoms with Crippen molar-refractivity contribution >= 4 is 21.6 Å². The lowest BCUT2D eigenvalue weighted by Gasteiger charge is -2.26. The van der Waals surface area contributed by atoms with Gasteiger partial charge in [-0.15, -0.1) is 0 Å². The Labute approximate surface area is 178 Å². The minimum absolute atomic E-state index is 0.128. The molecule has 1 N–H and O–H groups in total. The molecule has 1 aliphatic heterocycles. The van der Waals surface area contributed by atoms with Gasteiger partial charge in [-0.2, -0.15) is 4.31 Å². The van der Waals surface area contributed by atoms with E-state index in [-0.39, 0.29) is 23.3 Å². The van der Waals surface area contributed by atoms with E-state index in [4.69, 9.17) is 9.47 Å². The number of carbonyl (C=O) groups is 1. The Morgan fingerprint density at radius 3 is 2.43 bits per heavy atom. The van der Waals surface area contributed by atoms with Gasteiger partial charge in [-0.05, 0) is 54.3 Å². The molecule has 0 radical (unpaired) electrons. The van der Waals surface area contributed by atoms with Crippen LogP contribution in [0.1, 0.15) is 30.9 Å². The van der Waals surface area contributed by atoms with Crippen molar-refractivity contribution in [2.45, 2.75) is 31.6 Å². The Morgan fingerprint density at radius 2 is 1.80 bits per heavy atom. The molecule has 7 nitrogen and oxygen atoms in total. The van der Waals surface area contributed by atoms with E-state index in [1.54, 1.807) is 12.1 Å². The van der Waals surface area contributed by atoms with Crippen LogP contribution >= 0.6 is 0 Å². The molecule has 1 heterocycles. The first kappa shape index (κ1) is 22.3. The molecule has 30 heavy (non-hydrogen) atoms. The molecule has 0 spiro atoms. The summed E-state index contributed by atoms with van der Waals surface area (Å²) in [5.74, 6) is 0.673. The van der Waals surface area contributed by atoms with E-state index in [0.29, 0.717) is 37.7 Å². The summed E-state index contributed by atoms with van der Waals surface area (Å²) in [5, 5.41) is 2.74. The van der Waals surface area contributed by atoms with Crippen LogP contribution in [0.3, 0.4) is 0 Å². The van der Waals surface area contributed by atoms with E-state index in [2.05, 4.69) is 19.2 Å². The number of benzene rings is 2. The summed E-state index contributed by atoms with van der Waals surface area (Å²) in [4.78, 5) is 12.5. The molecular formula is C22H28N2O5S. The van der Waals surface area contributed by atoms with Gasteiger partial charge in [0, 0.05) is 18.8 Å². The maximum absolute atomic E-state index is 12.7. The molecule has 0 bridgehead atoms. The van der Waals surface area contributed by atoms with Crippen LogP contribution < -0.4 is 10.1 Å². The fourth-order valence-electron chi connectivity index (χ4n) is 3.23. The van der Waals surface area contributed by atoms with E-state index >= 15 is 0 Å². The summed E-state index contributed by atoms with van der Waals surface area (Å²) in [7, 11) is -3.55. The predicted molar refractivity (Wildman–Crippen MR) is 115 cm³/mol. The lowest BCUT2D eigenvalue weighted by Crippen LogP contribution is -2.40. The van der Waals surface area contributed by atoms with Gasteiger partial charge in [0.25, 0.3) is 5.91 Å². The van der Waals surface area contributed by atoms with Crippen LogP contribution in [-0.2, 0) is 19.6 Å². The molecule has 0 unspecified atom stereocenters. The molecule has 0 atom stereocenters. The average Bonchev–Trinajstić information content (AvgIpc) is 2.73. The van der Waals surface area contributed by atoms with Crippen LogP contribution in [0, 0.1) is 6.92 Å². The second-order valence-electron chi connectivity index (χ2n) is 7.57. The Hall–Kier alpha value is -2.42. The summed E-state index contributed by atoms with van der Waals surface area (Å²) in [6.45, 7) is 7.47. The largest absolute Gasteiger partial charge is 0.483 e. The number of ether oxygens (including phenoxy) is 2. The van der Waals surface area contributed by atoms with Crippen molar-refractivity contribution in [1.29, 1.82) is 0 Å². The summed E-state index contributed by atoms with van der Waals surface area (Å²) in [5.41, 5.74) is 2.62. The van der Waals surface area contributed by atoms with Crippen LogP contribution in [0.2, 0.25) is 0 Å². The van der Waals surface area contributed by atoms with E-state index in [9.17, 15) is 13.2 Å². The van der Waals surface area contributed by atoms with Crippen molar-refractivity contribution in [3.8, 4) is 5.75 Å². The van der Waals surface area contributed by atoms with Crippen molar-refractivity contribution in [2.75, 3.05) is 38.2 Å². The number of amides is 1. The molecule has 2 aromatic rings. The van der Waals surface area contributed by atoms with Crippen molar-refractivity contribution in [3.05, 3.63) is 53.6 Å². The molecule has 0 aromatic heterocycles. The maximum atomic E-state index is 12.7. The number of nitrogens with one attached hydrogen (secondary N) is 1. The Kier molecular flexibility index (Phi) is 7.12. The van der Waals surface area contributed by atoms with E-state index < -0.39 is 10.0 Å². The molecule has 3 rings (SSSR count). The molecule has 162 valence electrons. The predicted octanol–water partition coefficient (Wildman–Crippen LogP) is 3.16. The number of carbonyl (C=O) groups excluding carboxylic acids is 1. The first-order valence-electron chi connectivity index (χ1n) is 9.98. The normalized spacial score (nSPS) is 15.2. The third-order valence-corrected chi connectivity index (χ3v) is 6.81. The molecule has 0 aliphatic carbocycles. The second-order valence-corrected chi connectivity index (χ2v) is 9.51. The topological polar surface area (TPSA) is 84.9 Å². The van der Waals surface area contributed by atoms with Crippen LogP contribution in [0.5, 0.6) is 5.75 Å². The second kappa shape index (κ2) is 9.59. The van der Waals surface area contributed by atoms with E-state index in [1.165, 1.54) is 16.4 Å². The third kappa shape index (κ3) is 5.38. The zero-order chi connectivity index (χ0) is 21.7. The summed E-state index contributed by atoms with van der Waals surface area (Å²) in [6, 6.07) is 12.1. The number of nitrogens with zero attached hydrogens (tertiary/aromatic N) is 1. The number of morpholine rings is 1. The quantitative estimate of drug-likeness (QED) is 0.727. The fraction of sp³-hybridized carbons (Fsp3) is 0.409. The zero-order valence-electron chi connectivity index (χ0n) is 17.6. The van der Waals surface area contributed by atoms with Crippen LogP contribution in [0.25, 0.3) is 0 Å². The van der Waals surface area contributed by atoms with Gasteiger partial charge in [-0.25, -0.2) is 8.42 Å². The smallest absolute Gasteiger partial charge is 0.262 e. The molecule has 2 aromatic carbocycles. The number of hydrogen-bond donors (Lipinski definition) is 1. The molecule has 0 saturated carbocycles. The lowest BCUT2D eigenvalue weighted by atomic mass is 10.0. The molecule has 1 aliphatic rings. The van der Waals surface area contributed by atoms with Gasteiger partial charge in [0.15, 0.2) is 6.61 Å². The molecule has 1 saturated heterocycles. The molecule has 1 fully saturated rings. The minimum Gasteiger partial charge on any atom is -0.483 e.